The van der Waals surface area contributed by atoms with Gasteiger partial charge in [0.25, 0.3) is 0 Å². The van der Waals surface area contributed by atoms with E-state index in [1.165, 1.54) is 16.7 Å². The lowest BCUT2D eigenvalue weighted by atomic mass is 10.1. The molecule has 0 bridgehead atoms. The molecule has 1 aromatic heterocycles. The Hall–Kier alpha value is -2.20. The summed E-state index contributed by atoms with van der Waals surface area (Å²) in [6.07, 6.45) is 0. The Morgan fingerprint density at radius 3 is 2.96 bits per heavy atom. The van der Waals surface area contributed by atoms with E-state index in [-0.39, 0.29) is 31.5 Å². The molecule has 0 amide bonds. The van der Waals surface area contributed by atoms with E-state index in [9.17, 15) is 14.4 Å². The number of nitrogens with zero attached hydrogens (tertiary/aromatic N) is 2. The van der Waals surface area contributed by atoms with E-state index in [1.807, 2.05) is 6.07 Å². The largest absolute Gasteiger partial charge is 0.493 e. The van der Waals surface area contributed by atoms with Crippen molar-refractivity contribution in [1.82, 2.24) is 4.57 Å². The van der Waals surface area contributed by atoms with Crippen molar-refractivity contribution in [1.29, 1.82) is 0 Å². The summed E-state index contributed by atoms with van der Waals surface area (Å²) in [5.74, 6) is -0.126. The molecule has 0 saturated heterocycles. The summed E-state index contributed by atoms with van der Waals surface area (Å²) < 4.78 is 27.1. The summed E-state index contributed by atoms with van der Waals surface area (Å²) in [4.78, 5) is 11.2. The van der Waals surface area contributed by atoms with Crippen LogP contribution in [0.2, 0.25) is 0 Å². The second-order valence-corrected chi connectivity index (χ2v) is 6.92. The molecule has 0 saturated carbocycles. The van der Waals surface area contributed by atoms with Gasteiger partial charge in [0.2, 0.25) is 5.88 Å². The Morgan fingerprint density at radius 2 is 2.16 bits per heavy atom. The van der Waals surface area contributed by atoms with Crippen molar-refractivity contribution in [3.63, 3.8) is 0 Å². The van der Waals surface area contributed by atoms with Crippen LogP contribution in [0.4, 0.5) is 10.1 Å². The molecule has 0 fully saturated rings. The smallest absolute Gasteiger partial charge is 0.222 e. The summed E-state index contributed by atoms with van der Waals surface area (Å²) in [6.45, 7) is 0.486. The minimum Gasteiger partial charge on any atom is -0.493 e. The van der Waals surface area contributed by atoms with Crippen LogP contribution in [0.5, 0.6) is 11.6 Å². The molecule has 0 radical (unpaired) electrons. The van der Waals surface area contributed by atoms with Gasteiger partial charge in [-0.2, -0.15) is 0 Å². The molecule has 6 nitrogen and oxygen atoms in total. The lowest BCUT2D eigenvalue weighted by Gasteiger charge is -2.21. The predicted molar refractivity (Wildman–Crippen MR) is 97.6 cm³/mol. The second-order valence-electron chi connectivity index (χ2n) is 5.67. The van der Waals surface area contributed by atoms with Gasteiger partial charge in [-0.3, -0.25) is 0 Å². The van der Waals surface area contributed by atoms with Gasteiger partial charge in [0, 0.05) is 20.1 Å². The molecule has 0 unspecified atom stereocenters. The summed E-state index contributed by atoms with van der Waals surface area (Å²) in [5.41, 5.74) is 1.78. The van der Waals surface area contributed by atoms with Gasteiger partial charge < -0.3 is 19.1 Å². The van der Waals surface area contributed by atoms with Gasteiger partial charge in [0.1, 0.15) is 11.6 Å². The van der Waals surface area contributed by atoms with Gasteiger partial charge in [-0.1, -0.05) is 0 Å². The highest BCUT2D eigenvalue weighted by Gasteiger charge is 2.22. The van der Waals surface area contributed by atoms with Crippen LogP contribution < -0.4 is 4.74 Å². The lowest BCUT2D eigenvalue weighted by molar-refractivity contribution is -0.0173. The molecule has 3 aromatic rings. The molecule has 1 aliphatic rings. The number of hydrogen-bond acceptors (Lipinski definition) is 5. The third-order valence-corrected chi connectivity index (χ3v) is 4.81. The van der Waals surface area contributed by atoms with Crippen molar-refractivity contribution < 1.29 is 19.0 Å². The fourth-order valence-electron chi connectivity index (χ4n) is 3.09. The molecule has 0 aliphatic carbocycles. The van der Waals surface area contributed by atoms with Crippen molar-refractivity contribution in [3.8, 4) is 11.6 Å². The minimum absolute atomic E-state index is 0.0250. The van der Waals surface area contributed by atoms with E-state index in [0.717, 1.165) is 3.57 Å². The minimum atomic E-state index is -0.415. The molecule has 0 spiro atoms. The number of nitroso groups, excluding NO2 is 1. The maximum Gasteiger partial charge on any atom is 0.222 e. The molecule has 1 N–H and O–H groups in total. The van der Waals surface area contributed by atoms with Crippen molar-refractivity contribution >= 4 is 39.2 Å². The molecule has 128 valence electrons. The highest BCUT2D eigenvalue weighted by Crippen LogP contribution is 2.40. The van der Waals surface area contributed by atoms with Crippen molar-refractivity contribution in [3.05, 3.63) is 55.8 Å². The zero-order chi connectivity index (χ0) is 17.6. The van der Waals surface area contributed by atoms with Crippen molar-refractivity contribution in [2.45, 2.75) is 13.2 Å². The predicted octanol–water partition coefficient (Wildman–Crippen LogP) is 4.40. The molecule has 25 heavy (non-hydrogen) atoms. The number of ether oxygens (including phenoxy) is 2. The Morgan fingerprint density at radius 1 is 1.32 bits per heavy atom. The monoisotopic (exact) mass is 454 g/mol. The number of benzene rings is 2. The SMILES string of the molecule is O=Nc1c(O)n(Cc2cc(F)cc3c2OCOC3)c2ccc(I)cc12. The fourth-order valence-corrected chi connectivity index (χ4v) is 3.58. The highest BCUT2D eigenvalue weighted by molar-refractivity contribution is 14.1. The second kappa shape index (κ2) is 6.26. The van der Waals surface area contributed by atoms with E-state index in [4.69, 9.17) is 9.47 Å². The zero-order valence-electron chi connectivity index (χ0n) is 12.8. The lowest BCUT2D eigenvalue weighted by Crippen LogP contribution is -2.14. The third kappa shape index (κ3) is 2.74. The summed E-state index contributed by atoms with van der Waals surface area (Å²) >= 11 is 2.12. The first-order valence-corrected chi connectivity index (χ1v) is 8.52. The van der Waals surface area contributed by atoms with E-state index >= 15 is 0 Å². The first kappa shape index (κ1) is 16.3. The van der Waals surface area contributed by atoms with Gasteiger partial charge >= 0.3 is 0 Å². The van der Waals surface area contributed by atoms with E-state index in [1.54, 1.807) is 12.1 Å². The number of rotatable bonds is 3. The first-order chi connectivity index (χ1) is 12.1. The quantitative estimate of drug-likeness (QED) is 0.471. The van der Waals surface area contributed by atoms with Crippen LogP contribution in [0.15, 0.2) is 35.5 Å². The van der Waals surface area contributed by atoms with E-state index < -0.39 is 5.82 Å². The molecular formula is C17H12FIN2O4. The molecule has 4 rings (SSSR count). The number of fused-ring (bicyclic) bond motifs is 2. The highest BCUT2D eigenvalue weighted by atomic mass is 127. The molecule has 0 atom stereocenters. The van der Waals surface area contributed by atoms with Crippen LogP contribution in [0, 0.1) is 14.3 Å². The molecule has 8 heteroatoms. The van der Waals surface area contributed by atoms with Gasteiger partial charge in [-0.15, -0.1) is 4.91 Å². The number of aromatic hydroxyl groups is 1. The summed E-state index contributed by atoms with van der Waals surface area (Å²) in [6, 6.07) is 8.15. The number of aromatic nitrogens is 1. The molecule has 1 aliphatic heterocycles. The fraction of sp³-hybridized carbons (Fsp3) is 0.176. The molecule has 2 heterocycles. The van der Waals surface area contributed by atoms with Crippen LogP contribution in [0.1, 0.15) is 11.1 Å². The number of hydrogen-bond donors (Lipinski definition) is 1. The average Bonchev–Trinajstić information content (AvgIpc) is 2.85. The Balaban J connectivity index is 1.89. The number of halogens is 2. The zero-order valence-corrected chi connectivity index (χ0v) is 15.0. The Bertz CT molecular complexity index is 1000. The molecular weight excluding hydrogens is 442 g/mol. The van der Waals surface area contributed by atoms with Gasteiger partial charge in [0.15, 0.2) is 12.5 Å². The van der Waals surface area contributed by atoms with Crippen LogP contribution in [-0.2, 0) is 17.9 Å². The Labute approximate surface area is 155 Å². The third-order valence-electron chi connectivity index (χ3n) is 4.14. The van der Waals surface area contributed by atoms with Crippen LogP contribution in [0.3, 0.4) is 0 Å². The van der Waals surface area contributed by atoms with E-state index in [2.05, 4.69) is 27.8 Å². The topological polar surface area (TPSA) is 73.0 Å². The van der Waals surface area contributed by atoms with Gasteiger partial charge in [-0.25, -0.2) is 4.39 Å². The van der Waals surface area contributed by atoms with E-state index in [0.29, 0.717) is 27.8 Å². The van der Waals surface area contributed by atoms with Gasteiger partial charge in [-0.05, 0) is 58.1 Å². The summed E-state index contributed by atoms with van der Waals surface area (Å²) in [5, 5.41) is 14.0. The molecule has 2 aromatic carbocycles. The first-order valence-electron chi connectivity index (χ1n) is 7.44. The van der Waals surface area contributed by atoms with Crippen LogP contribution >= 0.6 is 22.6 Å². The van der Waals surface area contributed by atoms with Crippen LogP contribution in [-0.4, -0.2) is 16.5 Å². The maximum atomic E-state index is 13.9. The van der Waals surface area contributed by atoms with Gasteiger partial charge in [0.05, 0.1) is 18.7 Å². The Kier molecular flexibility index (Phi) is 4.08. The van der Waals surface area contributed by atoms with Crippen molar-refractivity contribution in [2.24, 2.45) is 5.18 Å². The normalized spacial score (nSPS) is 13.5. The standard InChI is InChI=1S/C17H12FIN2O4/c18-11-3-9(16-10(4-11)7-24-8-25-16)6-21-14-2-1-12(19)5-13(14)15(20-23)17(21)22/h1-5,22H,6-8H2. The summed E-state index contributed by atoms with van der Waals surface area (Å²) in [7, 11) is 0. The van der Waals surface area contributed by atoms with Crippen LogP contribution in [0.25, 0.3) is 10.9 Å². The maximum absolute atomic E-state index is 13.9. The van der Waals surface area contributed by atoms with Crippen molar-refractivity contribution in [2.75, 3.05) is 6.79 Å². The average molecular weight is 454 g/mol.